The average molecular weight is 931 g/mol. The minimum Gasteiger partial charge on any atom is -0.458 e. The Morgan fingerprint density at radius 1 is 0.408 bits per heavy atom. The summed E-state index contributed by atoms with van der Waals surface area (Å²) in [6.07, 6.45) is 0. The number of benzene rings is 10. The zero-order valence-electron chi connectivity index (χ0n) is 37.6. The number of nitriles is 1. The second kappa shape index (κ2) is 14.6. The SMILES string of the molecule is N#Cc1cccc(S(=O)(=O)c2ccc(-n3c4ccccc4c4c3c3c5ccccc5n(-c5ccccc5)c3c3c5ccccc5n(-c5cc6c7c(c5)Oc5ccccc5B7c5ccccc5O6)c34)cc2)c1. The van der Waals surface area contributed by atoms with E-state index in [0.29, 0.717) is 0 Å². The van der Waals surface area contributed by atoms with Gasteiger partial charge >= 0.3 is 0 Å². The molecule has 0 radical (unpaired) electrons. The molecule has 0 N–H and O–H groups in total. The lowest BCUT2D eigenvalue weighted by atomic mass is 9.35. The van der Waals surface area contributed by atoms with Crippen LogP contribution >= 0.6 is 0 Å². The molecule has 13 aromatic rings. The van der Waals surface area contributed by atoms with Crippen molar-refractivity contribution < 1.29 is 17.9 Å². The minimum absolute atomic E-state index is 0.0721. The lowest BCUT2D eigenvalue weighted by molar-refractivity contribution is 0.464. The molecule has 0 aliphatic carbocycles. The van der Waals surface area contributed by atoms with E-state index in [2.05, 4.69) is 165 Å². The molecule has 15 rings (SSSR count). The Morgan fingerprint density at radius 2 is 0.859 bits per heavy atom. The van der Waals surface area contributed by atoms with Crippen LogP contribution in [0, 0.1) is 11.3 Å². The zero-order valence-corrected chi connectivity index (χ0v) is 38.4. The number of ether oxygens (including phenoxy) is 2. The summed E-state index contributed by atoms with van der Waals surface area (Å²) in [7, 11) is -3.95. The van der Waals surface area contributed by atoms with Gasteiger partial charge in [-0.2, -0.15) is 5.26 Å². The van der Waals surface area contributed by atoms with E-state index in [-0.39, 0.29) is 22.1 Å². The summed E-state index contributed by atoms with van der Waals surface area (Å²) in [5.41, 5.74) is 12.3. The number of sulfone groups is 1. The van der Waals surface area contributed by atoms with Gasteiger partial charge in [0.2, 0.25) is 9.84 Å². The number of hydrogen-bond acceptors (Lipinski definition) is 5. The van der Waals surface area contributed by atoms with Crippen LogP contribution in [0.2, 0.25) is 0 Å². The predicted octanol–water partition coefficient (Wildman–Crippen LogP) is 12.4. The van der Waals surface area contributed by atoms with E-state index in [1.54, 1.807) is 24.3 Å². The minimum atomic E-state index is -3.95. The molecule has 0 amide bonds. The first-order valence-corrected chi connectivity index (χ1v) is 25.0. The van der Waals surface area contributed by atoms with Gasteiger partial charge in [-0.05, 0) is 95.9 Å². The number of hydrogen-bond donors (Lipinski definition) is 0. The van der Waals surface area contributed by atoms with Gasteiger partial charge in [-0.1, -0.05) is 115 Å². The third kappa shape index (κ3) is 5.46. The summed E-state index contributed by atoms with van der Waals surface area (Å²) in [6.45, 7) is -0.0722. The highest BCUT2D eigenvalue weighted by Crippen LogP contribution is 2.51. The van der Waals surface area contributed by atoms with Crippen molar-refractivity contribution >= 4 is 98.4 Å². The van der Waals surface area contributed by atoms with Crippen molar-refractivity contribution in [3.05, 3.63) is 218 Å². The Morgan fingerprint density at radius 3 is 1.38 bits per heavy atom. The van der Waals surface area contributed by atoms with Crippen LogP contribution in [0.3, 0.4) is 0 Å². The van der Waals surface area contributed by atoms with Crippen LogP contribution in [0.15, 0.2) is 222 Å². The first kappa shape index (κ1) is 39.7. The van der Waals surface area contributed by atoms with Gasteiger partial charge in [0.15, 0.2) is 0 Å². The summed E-state index contributed by atoms with van der Waals surface area (Å²) >= 11 is 0. The standard InChI is InChI=1S/C61H35BN4O4S/c63-36-37-15-14-18-42(33-37)71(67,68)41-31-29-39(30-32-41)65-49-25-10-5-20-44(49)56-60(65)55-43-19-4-9-24-48(43)64(38-16-2-1-3-17-38)59(55)57-45-21-6-11-26-50(45)66(61(56)57)40-34-53-58-54(35-40)70-52-28-13-8-23-47(52)62(58)46-22-7-12-27-51(46)69-53/h1-35H. The van der Waals surface area contributed by atoms with Gasteiger partial charge in [0.1, 0.15) is 23.0 Å². The first-order chi connectivity index (χ1) is 35.0. The van der Waals surface area contributed by atoms with Crippen molar-refractivity contribution in [2.24, 2.45) is 0 Å². The number of fused-ring (bicyclic) bond motifs is 16. The van der Waals surface area contributed by atoms with Gasteiger partial charge in [0, 0.05) is 61.3 Å². The molecule has 10 aromatic carbocycles. The molecule has 0 fully saturated rings. The molecule has 2 aliphatic heterocycles. The Balaban J connectivity index is 1.10. The maximum Gasteiger partial charge on any atom is 0.260 e. The quantitative estimate of drug-likeness (QED) is 0.160. The molecule has 0 spiro atoms. The van der Waals surface area contributed by atoms with E-state index in [4.69, 9.17) is 9.47 Å². The highest BCUT2D eigenvalue weighted by Gasteiger charge is 2.41. The average Bonchev–Trinajstić information content (AvgIpc) is 4.08. The Kier molecular flexibility index (Phi) is 8.16. The number of nitrogens with zero attached hydrogens (tertiary/aromatic N) is 4. The van der Waals surface area contributed by atoms with Crippen LogP contribution in [0.25, 0.3) is 82.5 Å². The van der Waals surface area contributed by atoms with Crippen molar-refractivity contribution in [2.75, 3.05) is 0 Å². The summed E-state index contributed by atoms with van der Waals surface area (Å²) < 4.78 is 49.2. The fourth-order valence-corrected chi connectivity index (χ4v) is 13.0. The van der Waals surface area contributed by atoms with E-state index in [1.165, 1.54) is 12.1 Å². The fourth-order valence-electron chi connectivity index (χ4n) is 11.7. The van der Waals surface area contributed by atoms with Gasteiger partial charge in [-0.15, -0.1) is 0 Å². The third-order valence-corrected chi connectivity index (χ3v) is 16.3. The van der Waals surface area contributed by atoms with Crippen LogP contribution in [-0.4, -0.2) is 28.8 Å². The maximum absolute atomic E-state index is 14.1. The predicted molar refractivity (Wildman–Crippen MR) is 284 cm³/mol. The monoisotopic (exact) mass is 930 g/mol. The largest absolute Gasteiger partial charge is 0.458 e. The second-order valence-electron chi connectivity index (χ2n) is 18.3. The normalized spacial score (nSPS) is 12.8. The van der Waals surface area contributed by atoms with Crippen molar-refractivity contribution in [1.29, 1.82) is 5.26 Å². The zero-order chi connectivity index (χ0) is 47.1. The smallest absolute Gasteiger partial charge is 0.260 e. The molecular formula is C61H35BN4O4S. The Hall–Kier alpha value is -9.30. The topological polar surface area (TPSA) is 91.2 Å². The molecule has 0 atom stereocenters. The molecule has 332 valence electrons. The lowest BCUT2D eigenvalue weighted by Gasteiger charge is -2.33. The number of para-hydroxylation sites is 6. The van der Waals surface area contributed by atoms with Gasteiger partial charge < -0.3 is 23.2 Å². The van der Waals surface area contributed by atoms with Crippen molar-refractivity contribution in [3.8, 4) is 46.1 Å². The first-order valence-electron chi connectivity index (χ1n) is 23.5. The molecule has 0 saturated carbocycles. The molecule has 71 heavy (non-hydrogen) atoms. The van der Waals surface area contributed by atoms with E-state index in [0.717, 1.165) is 122 Å². The Bertz CT molecular complexity index is 4550. The summed E-state index contributed by atoms with van der Waals surface area (Å²) in [5.74, 6) is 3.13. The molecule has 3 aromatic heterocycles. The molecule has 5 heterocycles. The molecule has 0 unspecified atom stereocenters. The molecule has 10 heteroatoms. The van der Waals surface area contributed by atoms with E-state index in [1.807, 2.05) is 30.3 Å². The van der Waals surface area contributed by atoms with E-state index < -0.39 is 9.84 Å². The van der Waals surface area contributed by atoms with Crippen molar-refractivity contribution in [2.45, 2.75) is 9.79 Å². The van der Waals surface area contributed by atoms with Gasteiger partial charge in [-0.25, -0.2) is 8.42 Å². The fraction of sp³-hybridized carbons (Fsp3) is 0. The van der Waals surface area contributed by atoms with Gasteiger partial charge in [0.25, 0.3) is 6.71 Å². The molecular weight excluding hydrogens is 896 g/mol. The van der Waals surface area contributed by atoms with Crippen LogP contribution < -0.4 is 25.9 Å². The highest BCUT2D eigenvalue weighted by atomic mass is 32.2. The summed E-state index contributed by atoms with van der Waals surface area (Å²) in [4.78, 5) is 0.210. The number of rotatable bonds is 5. The van der Waals surface area contributed by atoms with Crippen LogP contribution in [0.4, 0.5) is 0 Å². The second-order valence-corrected chi connectivity index (χ2v) is 20.2. The van der Waals surface area contributed by atoms with Crippen molar-refractivity contribution in [1.82, 2.24) is 13.7 Å². The van der Waals surface area contributed by atoms with E-state index in [9.17, 15) is 13.7 Å². The van der Waals surface area contributed by atoms with Crippen LogP contribution in [0.1, 0.15) is 5.56 Å². The third-order valence-electron chi connectivity index (χ3n) is 14.6. The van der Waals surface area contributed by atoms with Gasteiger partial charge in [-0.3, -0.25) is 0 Å². The van der Waals surface area contributed by atoms with Gasteiger partial charge in [0.05, 0.1) is 60.2 Å². The molecule has 2 aliphatic rings. The highest BCUT2D eigenvalue weighted by molar-refractivity contribution is 7.91. The number of aromatic nitrogens is 3. The molecule has 0 bridgehead atoms. The molecule has 8 nitrogen and oxygen atoms in total. The van der Waals surface area contributed by atoms with Crippen LogP contribution in [0.5, 0.6) is 23.0 Å². The Labute approximate surface area is 407 Å². The molecule has 0 saturated heterocycles. The van der Waals surface area contributed by atoms with Crippen molar-refractivity contribution in [3.63, 3.8) is 0 Å². The van der Waals surface area contributed by atoms with Crippen LogP contribution in [-0.2, 0) is 9.84 Å². The van der Waals surface area contributed by atoms with E-state index >= 15 is 0 Å². The summed E-state index contributed by atoms with van der Waals surface area (Å²) in [6, 6.07) is 72.6. The summed E-state index contributed by atoms with van der Waals surface area (Å²) in [5, 5.41) is 16.0. The lowest BCUT2D eigenvalue weighted by Crippen LogP contribution is -2.57. The maximum atomic E-state index is 14.1.